The summed E-state index contributed by atoms with van der Waals surface area (Å²) in [6, 6.07) is 17.8. The van der Waals surface area contributed by atoms with Crippen LogP contribution in [0.15, 0.2) is 70.9 Å². The summed E-state index contributed by atoms with van der Waals surface area (Å²) < 4.78 is 11.4. The Kier molecular flexibility index (Phi) is 7.30. The molecule has 0 spiro atoms. The van der Waals surface area contributed by atoms with Gasteiger partial charge in [-0.1, -0.05) is 49.4 Å². The van der Waals surface area contributed by atoms with E-state index < -0.39 is 11.8 Å². The average molecular weight is 460 g/mol. The Morgan fingerprint density at radius 1 is 1.03 bits per heavy atom. The zero-order valence-electron chi connectivity index (χ0n) is 20.4. The van der Waals surface area contributed by atoms with Crippen molar-refractivity contribution in [1.82, 2.24) is 0 Å². The summed E-state index contributed by atoms with van der Waals surface area (Å²) >= 11 is 0. The van der Waals surface area contributed by atoms with Crippen molar-refractivity contribution in [3.8, 4) is 5.75 Å². The van der Waals surface area contributed by atoms with Gasteiger partial charge in [0, 0.05) is 29.3 Å². The number of benzene rings is 2. The van der Waals surface area contributed by atoms with Gasteiger partial charge in [-0.05, 0) is 62.8 Å². The van der Waals surface area contributed by atoms with Gasteiger partial charge in [-0.3, -0.25) is 14.6 Å². The predicted octanol–water partition coefficient (Wildman–Crippen LogP) is 6.00. The molecule has 2 aromatic rings. The fourth-order valence-electron chi connectivity index (χ4n) is 4.98. The van der Waals surface area contributed by atoms with Crippen molar-refractivity contribution in [1.29, 1.82) is 0 Å². The lowest BCUT2D eigenvalue weighted by atomic mass is 9.69. The van der Waals surface area contributed by atoms with Crippen LogP contribution < -0.4 is 4.74 Å². The highest BCUT2D eigenvalue weighted by molar-refractivity contribution is 6.09. The summed E-state index contributed by atoms with van der Waals surface area (Å²) in [6.07, 6.45) is 1.64. The number of hydrogen-bond acceptors (Lipinski definition) is 5. The van der Waals surface area contributed by atoms with E-state index in [4.69, 9.17) is 14.5 Å². The Bertz CT molecular complexity index is 1100. The number of aliphatic imine (C=N–C) groups is 1. The maximum atomic E-state index is 13.6. The third kappa shape index (κ3) is 4.84. The number of esters is 1. The Balaban J connectivity index is 1.76. The Labute approximate surface area is 201 Å². The van der Waals surface area contributed by atoms with Gasteiger partial charge in [-0.2, -0.15) is 0 Å². The third-order valence-electron chi connectivity index (χ3n) is 6.86. The highest BCUT2D eigenvalue weighted by Crippen LogP contribution is 2.47. The maximum Gasteiger partial charge on any atom is 0.315 e. The Morgan fingerprint density at radius 2 is 1.74 bits per heavy atom. The number of hydrogen-bond donors (Lipinski definition) is 0. The van der Waals surface area contributed by atoms with Gasteiger partial charge in [-0.25, -0.2) is 0 Å². The fraction of sp³-hybridized carbons (Fsp3) is 0.414. The van der Waals surface area contributed by atoms with Crippen LogP contribution >= 0.6 is 0 Å². The van der Waals surface area contributed by atoms with Gasteiger partial charge < -0.3 is 9.47 Å². The highest BCUT2D eigenvalue weighted by atomic mass is 16.5. The second kappa shape index (κ2) is 10.4. The van der Waals surface area contributed by atoms with Crippen LogP contribution in [0.3, 0.4) is 0 Å². The summed E-state index contributed by atoms with van der Waals surface area (Å²) in [5.74, 6) is -0.439. The molecule has 1 aliphatic heterocycles. The van der Waals surface area contributed by atoms with E-state index in [1.807, 2.05) is 70.2 Å². The topological polar surface area (TPSA) is 65.0 Å². The van der Waals surface area contributed by atoms with Gasteiger partial charge in [0.05, 0.1) is 12.7 Å². The number of allylic oxidation sites excluding steroid dienone is 2. The number of rotatable bonds is 7. The largest absolute Gasteiger partial charge is 0.494 e. The SMILES string of the molecule is CCOc1ccc([C@H]2C3=C(C[C@@H](c4ccccc4)CC3=O)N=C(C)C2C(=O)O[C@@H](C)CC)cc1. The van der Waals surface area contributed by atoms with Crippen LogP contribution in [0, 0.1) is 5.92 Å². The molecule has 0 saturated carbocycles. The Morgan fingerprint density at radius 3 is 2.38 bits per heavy atom. The van der Waals surface area contributed by atoms with E-state index in [1.165, 1.54) is 0 Å². The summed E-state index contributed by atoms with van der Waals surface area (Å²) in [7, 11) is 0. The molecule has 2 aromatic carbocycles. The number of carbonyl (C=O) groups excluding carboxylic acids is 2. The molecule has 0 aromatic heterocycles. The number of nitrogens with zero attached hydrogens (tertiary/aromatic N) is 1. The summed E-state index contributed by atoms with van der Waals surface area (Å²) in [5, 5.41) is 0. The fourth-order valence-corrected chi connectivity index (χ4v) is 4.98. The molecular formula is C29H33NO4. The molecule has 5 nitrogen and oxygen atoms in total. The van der Waals surface area contributed by atoms with Crippen LogP contribution in [-0.2, 0) is 14.3 Å². The van der Waals surface area contributed by atoms with Crippen LogP contribution in [-0.4, -0.2) is 30.2 Å². The van der Waals surface area contributed by atoms with E-state index in [0.717, 1.165) is 29.0 Å². The normalized spacial score (nSPS) is 23.1. The van der Waals surface area contributed by atoms with Gasteiger partial charge in [0.15, 0.2) is 5.78 Å². The molecule has 4 rings (SSSR count). The van der Waals surface area contributed by atoms with Gasteiger partial charge in [0.2, 0.25) is 0 Å². The van der Waals surface area contributed by atoms with E-state index in [0.29, 0.717) is 30.7 Å². The molecule has 34 heavy (non-hydrogen) atoms. The molecule has 0 bridgehead atoms. The zero-order valence-corrected chi connectivity index (χ0v) is 20.4. The van der Waals surface area contributed by atoms with Crippen molar-refractivity contribution in [2.45, 2.75) is 64.9 Å². The minimum atomic E-state index is -0.622. The molecule has 1 aliphatic carbocycles. The third-order valence-corrected chi connectivity index (χ3v) is 6.86. The standard InChI is InChI=1S/C29H33NO4/c1-5-18(3)34-29(32)26-19(4)30-24-16-22(20-10-8-7-9-11-20)17-25(31)28(24)27(26)21-12-14-23(15-13-21)33-6-2/h7-15,18,22,26-27H,5-6,16-17H2,1-4H3/t18-,22+,26?,27+/m0/s1. The smallest absolute Gasteiger partial charge is 0.315 e. The molecule has 1 heterocycles. The molecule has 5 heteroatoms. The number of carbonyl (C=O) groups is 2. The first-order valence-electron chi connectivity index (χ1n) is 12.2. The molecular weight excluding hydrogens is 426 g/mol. The zero-order chi connectivity index (χ0) is 24.2. The highest BCUT2D eigenvalue weighted by Gasteiger charge is 2.45. The lowest BCUT2D eigenvalue weighted by molar-refractivity contribution is -0.151. The predicted molar refractivity (Wildman–Crippen MR) is 133 cm³/mol. The van der Waals surface area contributed by atoms with E-state index in [2.05, 4.69) is 12.1 Å². The van der Waals surface area contributed by atoms with E-state index >= 15 is 0 Å². The van der Waals surface area contributed by atoms with Crippen LogP contribution in [0.5, 0.6) is 5.75 Å². The lowest BCUT2D eigenvalue weighted by Gasteiger charge is -2.37. The summed E-state index contributed by atoms with van der Waals surface area (Å²) in [4.78, 5) is 31.8. The molecule has 0 amide bonds. The quantitative estimate of drug-likeness (QED) is 0.476. The first kappa shape index (κ1) is 23.9. The minimum absolute atomic E-state index is 0.0616. The second-order valence-electron chi connectivity index (χ2n) is 9.17. The molecule has 0 saturated heterocycles. The Hall–Kier alpha value is -3.21. The van der Waals surface area contributed by atoms with Crippen molar-refractivity contribution >= 4 is 17.5 Å². The van der Waals surface area contributed by atoms with Crippen LogP contribution in [0.1, 0.15) is 69.9 Å². The van der Waals surface area contributed by atoms with Crippen molar-refractivity contribution < 1.29 is 19.1 Å². The first-order chi connectivity index (χ1) is 16.4. The number of ketones is 1. The van der Waals surface area contributed by atoms with Crippen LogP contribution in [0.4, 0.5) is 0 Å². The van der Waals surface area contributed by atoms with E-state index in [9.17, 15) is 9.59 Å². The van der Waals surface area contributed by atoms with Crippen molar-refractivity contribution in [2.75, 3.05) is 6.61 Å². The van der Waals surface area contributed by atoms with Crippen molar-refractivity contribution in [2.24, 2.45) is 10.9 Å². The molecule has 4 atom stereocenters. The second-order valence-corrected chi connectivity index (χ2v) is 9.17. The lowest BCUT2D eigenvalue weighted by Crippen LogP contribution is -2.39. The van der Waals surface area contributed by atoms with Crippen LogP contribution in [0.25, 0.3) is 0 Å². The van der Waals surface area contributed by atoms with Gasteiger partial charge in [-0.15, -0.1) is 0 Å². The van der Waals surface area contributed by atoms with E-state index in [1.54, 1.807) is 0 Å². The van der Waals surface area contributed by atoms with Crippen LogP contribution in [0.2, 0.25) is 0 Å². The maximum absolute atomic E-state index is 13.6. The summed E-state index contributed by atoms with van der Waals surface area (Å²) in [5.41, 5.74) is 4.21. The van der Waals surface area contributed by atoms with Gasteiger partial charge >= 0.3 is 5.97 Å². The van der Waals surface area contributed by atoms with E-state index in [-0.39, 0.29) is 23.8 Å². The molecule has 2 aliphatic rings. The molecule has 178 valence electrons. The number of ether oxygens (including phenoxy) is 2. The molecule has 0 N–H and O–H groups in total. The number of Topliss-reactive ketones (excluding diaryl/α,β-unsaturated/α-hetero) is 1. The molecule has 1 unspecified atom stereocenters. The molecule has 0 fully saturated rings. The average Bonchev–Trinajstić information content (AvgIpc) is 2.84. The molecule has 0 radical (unpaired) electrons. The van der Waals surface area contributed by atoms with Crippen molar-refractivity contribution in [3.05, 3.63) is 77.0 Å². The minimum Gasteiger partial charge on any atom is -0.494 e. The van der Waals surface area contributed by atoms with Gasteiger partial charge in [0.25, 0.3) is 0 Å². The monoisotopic (exact) mass is 459 g/mol. The first-order valence-corrected chi connectivity index (χ1v) is 12.2. The van der Waals surface area contributed by atoms with Crippen molar-refractivity contribution in [3.63, 3.8) is 0 Å². The summed E-state index contributed by atoms with van der Waals surface area (Å²) in [6.45, 7) is 8.27. The van der Waals surface area contributed by atoms with Gasteiger partial charge in [0.1, 0.15) is 11.7 Å².